The Hall–Kier alpha value is -3.08. The lowest BCUT2D eigenvalue weighted by molar-refractivity contribution is -0.119. The smallest absolute Gasteiger partial charge is 0.227 e. The van der Waals surface area contributed by atoms with E-state index in [4.69, 9.17) is 4.74 Å². The zero-order valence-electron chi connectivity index (χ0n) is 19.0. The fourth-order valence-corrected chi connectivity index (χ4v) is 3.92. The number of ether oxygens (including phenoxy) is 1. The van der Waals surface area contributed by atoms with Crippen molar-refractivity contribution in [2.75, 3.05) is 12.4 Å². The quantitative estimate of drug-likeness (QED) is 0.476. The van der Waals surface area contributed by atoms with Crippen LogP contribution >= 0.6 is 0 Å². The second-order valence-electron chi connectivity index (χ2n) is 8.89. The molecule has 31 heavy (non-hydrogen) atoms. The van der Waals surface area contributed by atoms with Gasteiger partial charge in [-0.2, -0.15) is 0 Å². The van der Waals surface area contributed by atoms with Crippen LogP contribution in [-0.4, -0.2) is 24.3 Å². The van der Waals surface area contributed by atoms with E-state index in [0.29, 0.717) is 11.3 Å². The summed E-state index contributed by atoms with van der Waals surface area (Å²) in [6, 6.07) is 13.0. The highest BCUT2D eigenvalue weighted by atomic mass is 16.5. The molecule has 0 spiro atoms. The van der Waals surface area contributed by atoms with Crippen LogP contribution in [0.3, 0.4) is 0 Å². The minimum atomic E-state index is -0.156. The molecule has 5 nitrogen and oxygen atoms in total. The van der Waals surface area contributed by atoms with Gasteiger partial charge in [-0.1, -0.05) is 26.3 Å². The lowest BCUT2D eigenvalue weighted by Gasteiger charge is -2.35. The van der Waals surface area contributed by atoms with Crippen molar-refractivity contribution in [1.29, 1.82) is 0 Å². The lowest BCUT2D eigenvalue weighted by Crippen LogP contribution is -2.43. The SMILES string of the molecule is CCCC(C)C(=O)Nc1ccc(C(=O)C=C2NC(C)(C)Cc3ccc(OC)cc32)cc1. The second kappa shape index (κ2) is 9.38. The molecule has 2 aromatic rings. The second-order valence-corrected chi connectivity index (χ2v) is 8.89. The van der Waals surface area contributed by atoms with Gasteiger partial charge in [0.25, 0.3) is 0 Å². The van der Waals surface area contributed by atoms with Crippen LogP contribution in [-0.2, 0) is 11.2 Å². The molecule has 0 fully saturated rings. The Labute approximate surface area is 184 Å². The number of rotatable bonds is 7. The zero-order valence-corrected chi connectivity index (χ0v) is 19.0. The number of allylic oxidation sites excluding steroid dienone is 1. The molecule has 0 saturated carbocycles. The van der Waals surface area contributed by atoms with Crippen molar-refractivity contribution < 1.29 is 14.3 Å². The normalized spacial score (nSPS) is 16.7. The van der Waals surface area contributed by atoms with Crippen LogP contribution in [0.5, 0.6) is 5.75 Å². The summed E-state index contributed by atoms with van der Waals surface area (Å²) in [4.78, 5) is 25.2. The predicted octanol–water partition coefficient (Wildman–Crippen LogP) is 5.22. The molecule has 2 aromatic carbocycles. The first-order valence-electron chi connectivity index (χ1n) is 10.8. The molecule has 0 saturated heterocycles. The van der Waals surface area contributed by atoms with Crippen molar-refractivity contribution in [3.05, 3.63) is 65.2 Å². The largest absolute Gasteiger partial charge is 0.497 e. The van der Waals surface area contributed by atoms with E-state index < -0.39 is 0 Å². The van der Waals surface area contributed by atoms with Gasteiger partial charge in [-0.05, 0) is 68.7 Å². The number of methoxy groups -OCH3 is 1. The number of benzene rings is 2. The maximum absolute atomic E-state index is 13.0. The van der Waals surface area contributed by atoms with E-state index in [-0.39, 0.29) is 23.1 Å². The summed E-state index contributed by atoms with van der Waals surface area (Å²) in [7, 11) is 1.64. The van der Waals surface area contributed by atoms with Crippen molar-refractivity contribution in [3.8, 4) is 5.75 Å². The number of hydrogen-bond donors (Lipinski definition) is 2. The summed E-state index contributed by atoms with van der Waals surface area (Å²) in [6.45, 7) is 8.23. The van der Waals surface area contributed by atoms with E-state index in [1.165, 1.54) is 5.56 Å². The minimum Gasteiger partial charge on any atom is -0.497 e. The highest BCUT2D eigenvalue weighted by Gasteiger charge is 2.28. The van der Waals surface area contributed by atoms with Gasteiger partial charge in [0.05, 0.1) is 7.11 Å². The third kappa shape index (κ3) is 5.54. The van der Waals surface area contributed by atoms with Gasteiger partial charge in [-0.3, -0.25) is 9.59 Å². The van der Waals surface area contributed by atoms with Crippen LogP contribution in [0.2, 0.25) is 0 Å². The number of hydrogen-bond acceptors (Lipinski definition) is 4. The van der Waals surface area contributed by atoms with Gasteiger partial charge in [-0.25, -0.2) is 0 Å². The van der Waals surface area contributed by atoms with Crippen LogP contribution in [0.1, 0.15) is 62.0 Å². The standard InChI is InChI=1S/C26H32N2O3/c1-6-7-17(2)25(30)27-20-11-8-18(9-12-20)24(29)15-23-22-14-21(31-5)13-10-19(22)16-26(3,4)28-23/h8-15,17,28H,6-7,16H2,1-5H3,(H,27,30). The summed E-state index contributed by atoms with van der Waals surface area (Å²) >= 11 is 0. The summed E-state index contributed by atoms with van der Waals surface area (Å²) in [5.74, 6) is 0.637. The fraction of sp³-hybridized carbons (Fsp3) is 0.385. The number of carbonyl (C=O) groups excluding carboxylic acids is 2. The van der Waals surface area contributed by atoms with Crippen LogP contribution in [0.25, 0.3) is 5.70 Å². The molecule has 0 bridgehead atoms. The predicted molar refractivity (Wildman–Crippen MR) is 125 cm³/mol. The molecule has 5 heteroatoms. The van der Waals surface area contributed by atoms with Gasteiger partial charge in [0, 0.05) is 40.0 Å². The fourth-order valence-electron chi connectivity index (χ4n) is 3.92. The number of ketones is 1. The average molecular weight is 421 g/mol. The van der Waals surface area contributed by atoms with Crippen LogP contribution < -0.4 is 15.4 Å². The van der Waals surface area contributed by atoms with E-state index in [1.54, 1.807) is 37.5 Å². The monoisotopic (exact) mass is 420 g/mol. The molecular weight excluding hydrogens is 388 g/mol. The summed E-state index contributed by atoms with van der Waals surface area (Å²) < 4.78 is 5.37. The van der Waals surface area contributed by atoms with E-state index >= 15 is 0 Å². The van der Waals surface area contributed by atoms with Gasteiger partial charge in [0.2, 0.25) is 5.91 Å². The highest BCUT2D eigenvalue weighted by Crippen LogP contribution is 2.32. The lowest BCUT2D eigenvalue weighted by atomic mass is 9.85. The van der Waals surface area contributed by atoms with E-state index in [1.807, 2.05) is 19.1 Å². The third-order valence-corrected chi connectivity index (χ3v) is 5.59. The number of fused-ring (bicyclic) bond motifs is 1. The van der Waals surface area contributed by atoms with Gasteiger partial charge < -0.3 is 15.4 Å². The van der Waals surface area contributed by atoms with Crippen molar-refractivity contribution in [2.45, 2.75) is 52.5 Å². The number of carbonyl (C=O) groups is 2. The van der Waals surface area contributed by atoms with E-state index in [2.05, 4.69) is 37.5 Å². The Morgan fingerprint density at radius 2 is 1.90 bits per heavy atom. The number of amides is 1. The minimum absolute atomic E-state index is 0.00207. The first kappa shape index (κ1) is 22.6. The molecule has 1 amide bonds. The van der Waals surface area contributed by atoms with Crippen LogP contribution in [0.15, 0.2) is 48.5 Å². The first-order chi connectivity index (χ1) is 14.7. The van der Waals surface area contributed by atoms with Crippen molar-refractivity contribution in [2.24, 2.45) is 5.92 Å². The Balaban J connectivity index is 1.81. The first-order valence-corrected chi connectivity index (χ1v) is 10.8. The molecule has 0 radical (unpaired) electrons. The molecule has 1 unspecified atom stereocenters. The average Bonchev–Trinajstić information content (AvgIpc) is 2.73. The molecule has 164 valence electrons. The van der Waals surface area contributed by atoms with E-state index in [9.17, 15) is 9.59 Å². The maximum Gasteiger partial charge on any atom is 0.227 e. The number of nitrogens with one attached hydrogen (secondary N) is 2. The van der Waals surface area contributed by atoms with Crippen molar-refractivity contribution in [1.82, 2.24) is 5.32 Å². The van der Waals surface area contributed by atoms with Gasteiger partial charge in [0.1, 0.15) is 5.75 Å². The molecule has 1 heterocycles. The van der Waals surface area contributed by atoms with Gasteiger partial charge in [0.15, 0.2) is 5.78 Å². The van der Waals surface area contributed by atoms with Gasteiger partial charge in [-0.15, -0.1) is 0 Å². The zero-order chi connectivity index (χ0) is 22.6. The van der Waals surface area contributed by atoms with Crippen LogP contribution in [0.4, 0.5) is 5.69 Å². The molecule has 0 aliphatic carbocycles. The number of anilines is 1. The third-order valence-electron chi connectivity index (χ3n) is 5.59. The summed E-state index contributed by atoms with van der Waals surface area (Å²) in [5.41, 5.74) is 4.08. The maximum atomic E-state index is 13.0. The molecule has 3 rings (SSSR count). The Morgan fingerprint density at radius 1 is 1.19 bits per heavy atom. The molecule has 0 aromatic heterocycles. The Bertz CT molecular complexity index is 990. The summed E-state index contributed by atoms with van der Waals surface area (Å²) in [6.07, 6.45) is 4.33. The molecule has 1 aliphatic rings. The molecular formula is C26H32N2O3. The topological polar surface area (TPSA) is 67.4 Å². The van der Waals surface area contributed by atoms with E-state index in [0.717, 1.165) is 36.3 Å². The Kier molecular flexibility index (Phi) is 6.84. The summed E-state index contributed by atoms with van der Waals surface area (Å²) in [5, 5.41) is 6.41. The molecule has 1 atom stereocenters. The van der Waals surface area contributed by atoms with Crippen LogP contribution in [0, 0.1) is 5.92 Å². The molecule has 2 N–H and O–H groups in total. The highest BCUT2D eigenvalue weighted by molar-refractivity contribution is 6.09. The Morgan fingerprint density at radius 3 is 2.55 bits per heavy atom. The van der Waals surface area contributed by atoms with Crippen molar-refractivity contribution >= 4 is 23.1 Å². The van der Waals surface area contributed by atoms with Crippen molar-refractivity contribution in [3.63, 3.8) is 0 Å². The molecule has 1 aliphatic heterocycles. The van der Waals surface area contributed by atoms with Gasteiger partial charge >= 0.3 is 0 Å².